The number of hydrogen-bond donors (Lipinski definition) is 2. The molecule has 1 saturated carbocycles. The topological polar surface area (TPSA) is 181 Å². The molecule has 6 atom stereocenters. The Hall–Kier alpha value is -5.64. The summed E-state index contributed by atoms with van der Waals surface area (Å²) in [5.41, 5.74) is 3.11. The molecular weight excluding hydrogens is 907 g/mol. The Morgan fingerprint density at radius 3 is 2.32 bits per heavy atom. The van der Waals surface area contributed by atoms with Crippen molar-refractivity contribution < 1.29 is 53.2 Å². The van der Waals surface area contributed by atoms with Gasteiger partial charge in [-0.3, -0.25) is 15.0 Å². The zero-order valence-corrected chi connectivity index (χ0v) is 41.8. The highest BCUT2D eigenvalue weighted by molar-refractivity contribution is 6.03. The second kappa shape index (κ2) is 26.7. The minimum absolute atomic E-state index is 0.0139. The molecule has 71 heavy (non-hydrogen) atoms. The minimum atomic E-state index is -1.52. The molecular formula is C56H75N3O12. The van der Waals surface area contributed by atoms with Crippen LogP contribution < -0.4 is 18.9 Å². The van der Waals surface area contributed by atoms with Gasteiger partial charge in [0.15, 0.2) is 11.5 Å². The van der Waals surface area contributed by atoms with E-state index in [0.717, 1.165) is 68.1 Å². The molecule has 0 bridgehead atoms. The van der Waals surface area contributed by atoms with E-state index < -0.39 is 28.8 Å². The first-order valence-corrected chi connectivity index (χ1v) is 26.2. The number of carbonyl (C=O) groups excluding carboxylic acids is 1. The summed E-state index contributed by atoms with van der Waals surface area (Å²) in [5.74, 6) is 0.0960. The lowest BCUT2D eigenvalue weighted by Gasteiger charge is -2.59. The molecule has 15 heteroatoms. The average Bonchev–Trinajstić information content (AvgIpc) is 3.85. The Morgan fingerprint density at radius 1 is 0.873 bits per heavy atom. The SMILES string of the molecule is C=CCO[C@@]12Oc3ccc(Oc4cccc([N+](=O)[O-])c4)cc3[C@H]3[C@H](CCCCO)[C@@H](CCCCO)C=C(C(=NOCC)C[C@@H]1N(Cc1ccc4c(c1)OCO4)C(=O)OCCCCCCCCCCCC)[C@H]32. The van der Waals surface area contributed by atoms with E-state index in [0.29, 0.717) is 53.9 Å². The van der Waals surface area contributed by atoms with Gasteiger partial charge in [0.25, 0.3) is 5.69 Å². The number of ether oxygens (including phenoxy) is 6. The number of amides is 1. The predicted molar refractivity (Wildman–Crippen MR) is 271 cm³/mol. The van der Waals surface area contributed by atoms with E-state index >= 15 is 4.79 Å². The van der Waals surface area contributed by atoms with Crippen LogP contribution in [0.2, 0.25) is 0 Å². The molecule has 0 unspecified atom stereocenters. The number of hydrogen-bond acceptors (Lipinski definition) is 13. The fraction of sp³-hybridized carbons (Fsp3) is 0.571. The summed E-state index contributed by atoms with van der Waals surface area (Å²) in [6.07, 6.45) is 19.5. The number of nitro benzene ring substituents is 1. The molecule has 1 amide bonds. The van der Waals surface area contributed by atoms with Gasteiger partial charge >= 0.3 is 6.09 Å². The second-order valence-electron chi connectivity index (χ2n) is 19.2. The maximum atomic E-state index is 15.1. The minimum Gasteiger partial charge on any atom is -0.459 e. The molecule has 3 aromatic rings. The highest BCUT2D eigenvalue weighted by atomic mass is 16.7. The maximum Gasteiger partial charge on any atom is 0.410 e. The number of allylic oxidation sites excluding steroid dienone is 1. The number of benzene rings is 3. The van der Waals surface area contributed by atoms with Crippen LogP contribution in [-0.2, 0) is 20.9 Å². The van der Waals surface area contributed by atoms with E-state index in [9.17, 15) is 20.3 Å². The zero-order valence-electron chi connectivity index (χ0n) is 41.8. The number of carbonyl (C=O) groups is 1. The molecule has 2 aliphatic heterocycles. The van der Waals surface area contributed by atoms with Crippen molar-refractivity contribution >= 4 is 17.5 Å². The van der Waals surface area contributed by atoms with Crippen LogP contribution in [-0.4, -0.2) is 83.5 Å². The highest BCUT2D eigenvalue weighted by Crippen LogP contribution is 2.62. The lowest BCUT2D eigenvalue weighted by molar-refractivity contribution is -0.384. The molecule has 1 fully saturated rings. The number of aliphatic hydroxyl groups is 2. The number of nitrogens with zero attached hydrogens (tertiary/aromatic N) is 3. The third-order valence-corrected chi connectivity index (χ3v) is 14.3. The summed E-state index contributed by atoms with van der Waals surface area (Å²) < 4.78 is 38.7. The normalized spacial score (nSPS) is 22.2. The van der Waals surface area contributed by atoms with Crippen molar-refractivity contribution in [2.45, 2.75) is 147 Å². The van der Waals surface area contributed by atoms with Gasteiger partial charge in [0.2, 0.25) is 12.6 Å². The lowest BCUT2D eigenvalue weighted by atomic mass is 9.55. The van der Waals surface area contributed by atoms with E-state index in [2.05, 4.69) is 19.6 Å². The van der Waals surface area contributed by atoms with Gasteiger partial charge in [-0.05, 0) is 98.4 Å². The van der Waals surface area contributed by atoms with Gasteiger partial charge in [-0.15, -0.1) is 6.58 Å². The van der Waals surface area contributed by atoms with Crippen LogP contribution in [0.15, 0.2) is 90.1 Å². The van der Waals surface area contributed by atoms with E-state index in [-0.39, 0.29) is 69.6 Å². The number of rotatable bonds is 30. The molecule has 2 aliphatic carbocycles. The zero-order chi connectivity index (χ0) is 50.0. The Kier molecular flexibility index (Phi) is 20.0. The standard InChI is InChI=1S/C56H75N3O12/c1-4-7-8-9-10-11-12-13-14-19-32-65-55(62)58(38-40-25-27-50-51(33-40)67-39-66-50)52-37-48(57-69-6-3)46-34-41(21-15-17-29-60)45(24-16-18-30-61)53-47-36-44(70-43-23-20-22-42(35-43)59(63)64)26-28-49(47)71-56(52,54(46)53)68-31-5-2/h5,20,22-23,25-28,33-36,41,45,52-54,60-61H,2,4,6-19,21,24,29-32,37-39H2,1,3H3/t41-,45+,52-,53+,54+,56+/m0/s1. The van der Waals surface area contributed by atoms with Gasteiger partial charge in [-0.2, -0.15) is 0 Å². The molecule has 2 heterocycles. The fourth-order valence-corrected chi connectivity index (χ4v) is 11.0. The Balaban J connectivity index is 1.33. The number of non-ortho nitro benzene ring substituents is 1. The smallest absolute Gasteiger partial charge is 0.410 e. The third-order valence-electron chi connectivity index (χ3n) is 14.3. The molecule has 3 aromatic carbocycles. The molecule has 15 nitrogen and oxygen atoms in total. The van der Waals surface area contributed by atoms with Crippen LogP contribution in [0.5, 0.6) is 28.7 Å². The van der Waals surface area contributed by atoms with E-state index in [4.69, 9.17) is 38.4 Å². The number of oxime groups is 1. The van der Waals surface area contributed by atoms with Crippen molar-refractivity contribution in [3.05, 3.63) is 106 Å². The molecule has 4 aliphatic rings. The maximum absolute atomic E-state index is 15.1. The lowest BCUT2D eigenvalue weighted by Crippen LogP contribution is -2.70. The first-order chi connectivity index (χ1) is 34.7. The van der Waals surface area contributed by atoms with E-state index in [1.807, 2.05) is 37.3 Å². The van der Waals surface area contributed by atoms with Gasteiger partial charge < -0.3 is 43.5 Å². The second-order valence-corrected chi connectivity index (χ2v) is 19.2. The van der Waals surface area contributed by atoms with E-state index in [1.54, 1.807) is 29.2 Å². The number of fused-ring (bicyclic) bond motifs is 3. The van der Waals surface area contributed by atoms with Crippen LogP contribution in [0.1, 0.15) is 140 Å². The largest absolute Gasteiger partial charge is 0.459 e. The molecule has 7 rings (SSSR count). The highest BCUT2D eigenvalue weighted by Gasteiger charge is 2.65. The summed E-state index contributed by atoms with van der Waals surface area (Å²) in [7, 11) is 0. The van der Waals surface area contributed by atoms with Crippen molar-refractivity contribution in [1.29, 1.82) is 0 Å². The van der Waals surface area contributed by atoms with E-state index in [1.165, 1.54) is 50.7 Å². The van der Waals surface area contributed by atoms with Crippen LogP contribution in [0.25, 0.3) is 0 Å². The number of nitro groups is 1. The van der Waals surface area contributed by atoms with Gasteiger partial charge in [-0.25, -0.2) is 4.79 Å². The summed E-state index contributed by atoms with van der Waals surface area (Å²) in [6.45, 7) is 9.18. The fourth-order valence-electron chi connectivity index (χ4n) is 11.0. The van der Waals surface area contributed by atoms with Gasteiger partial charge in [-0.1, -0.05) is 107 Å². The average molecular weight is 982 g/mol. The third kappa shape index (κ3) is 13.3. The molecule has 0 saturated heterocycles. The summed E-state index contributed by atoms with van der Waals surface area (Å²) >= 11 is 0. The quantitative estimate of drug-likeness (QED) is 0.0280. The van der Waals surface area contributed by atoms with Crippen LogP contribution in [0.3, 0.4) is 0 Å². The summed E-state index contributed by atoms with van der Waals surface area (Å²) in [5, 5.41) is 36.6. The Bertz CT molecular complexity index is 2280. The van der Waals surface area contributed by atoms with Crippen LogP contribution >= 0.6 is 0 Å². The van der Waals surface area contributed by atoms with Gasteiger partial charge in [0.1, 0.15) is 29.9 Å². The van der Waals surface area contributed by atoms with Crippen molar-refractivity contribution in [3.8, 4) is 28.7 Å². The molecule has 0 radical (unpaired) electrons. The van der Waals surface area contributed by atoms with Gasteiger partial charge in [0.05, 0.1) is 35.8 Å². The Labute approximate surface area is 419 Å². The van der Waals surface area contributed by atoms with Crippen LogP contribution in [0.4, 0.5) is 10.5 Å². The number of unbranched alkanes of at least 4 members (excludes halogenated alkanes) is 11. The molecule has 0 spiro atoms. The first-order valence-electron chi connectivity index (χ1n) is 26.2. The summed E-state index contributed by atoms with van der Waals surface area (Å²) in [4.78, 5) is 34.0. The molecule has 0 aromatic heterocycles. The number of aliphatic hydroxyl groups excluding tert-OH is 2. The monoisotopic (exact) mass is 982 g/mol. The van der Waals surface area contributed by atoms with Gasteiger partial charge in [0, 0.05) is 43.7 Å². The van der Waals surface area contributed by atoms with Crippen LogP contribution in [0, 0.1) is 27.9 Å². The van der Waals surface area contributed by atoms with Crippen molar-refractivity contribution in [1.82, 2.24) is 4.90 Å². The first kappa shape index (κ1) is 53.2. The Morgan fingerprint density at radius 2 is 1.59 bits per heavy atom. The van der Waals surface area contributed by atoms with Crippen molar-refractivity contribution in [3.63, 3.8) is 0 Å². The molecule has 386 valence electrons. The molecule has 2 N–H and O–H groups in total. The van der Waals surface area contributed by atoms with Crippen molar-refractivity contribution in [2.75, 3.05) is 39.8 Å². The van der Waals surface area contributed by atoms with Crippen molar-refractivity contribution in [2.24, 2.45) is 22.9 Å². The predicted octanol–water partition coefficient (Wildman–Crippen LogP) is 12.3. The summed E-state index contributed by atoms with van der Waals surface area (Å²) in [6, 6.07) is 16.5.